The molecule has 1 aromatic carbocycles. The zero-order valence-corrected chi connectivity index (χ0v) is 9.73. The Labute approximate surface area is 95.1 Å². The number of rotatable bonds is 3. The zero-order valence-electron chi connectivity index (χ0n) is 9.73. The van der Waals surface area contributed by atoms with E-state index in [9.17, 15) is 10.1 Å². The van der Waals surface area contributed by atoms with Gasteiger partial charge in [-0.05, 0) is 50.7 Å². The largest absolute Gasteiger partial charge is 0.386 e. The molecule has 0 aliphatic rings. The van der Waals surface area contributed by atoms with Crippen molar-refractivity contribution in [3.63, 3.8) is 0 Å². The SMILES string of the molecule is CC(C)(C)N/C=C/c1ccc([N+](=O)[O-])cc1. The van der Waals surface area contributed by atoms with Crippen molar-refractivity contribution in [2.24, 2.45) is 0 Å². The minimum Gasteiger partial charge on any atom is -0.386 e. The topological polar surface area (TPSA) is 55.2 Å². The summed E-state index contributed by atoms with van der Waals surface area (Å²) in [6.45, 7) is 6.19. The van der Waals surface area contributed by atoms with Gasteiger partial charge in [0, 0.05) is 17.7 Å². The van der Waals surface area contributed by atoms with E-state index in [1.54, 1.807) is 12.1 Å². The van der Waals surface area contributed by atoms with Gasteiger partial charge in [-0.1, -0.05) is 0 Å². The van der Waals surface area contributed by atoms with E-state index in [1.165, 1.54) is 12.1 Å². The number of nitrogens with one attached hydrogen (secondary N) is 1. The first-order valence-corrected chi connectivity index (χ1v) is 5.07. The summed E-state index contributed by atoms with van der Waals surface area (Å²) in [5, 5.41) is 13.6. The third kappa shape index (κ3) is 4.13. The van der Waals surface area contributed by atoms with Crippen molar-refractivity contribution >= 4 is 11.8 Å². The molecule has 0 amide bonds. The summed E-state index contributed by atoms with van der Waals surface area (Å²) in [6.07, 6.45) is 3.73. The van der Waals surface area contributed by atoms with Crippen molar-refractivity contribution in [1.29, 1.82) is 0 Å². The molecular weight excluding hydrogens is 204 g/mol. The Hall–Kier alpha value is -1.84. The van der Waals surface area contributed by atoms with Gasteiger partial charge in [0.25, 0.3) is 5.69 Å². The summed E-state index contributed by atoms with van der Waals surface area (Å²) in [4.78, 5) is 10.0. The Balaban J connectivity index is 2.65. The van der Waals surface area contributed by atoms with Crippen LogP contribution in [-0.4, -0.2) is 10.5 Å². The van der Waals surface area contributed by atoms with Gasteiger partial charge in [0.2, 0.25) is 0 Å². The first-order valence-electron chi connectivity index (χ1n) is 5.07. The summed E-state index contributed by atoms with van der Waals surface area (Å²) in [7, 11) is 0. The van der Waals surface area contributed by atoms with E-state index in [0.29, 0.717) is 0 Å². The maximum atomic E-state index is 10.4. The Kier molecular flexibility index (Phi) is 3.66. The van der Waals surface area contributed by atoms with E-state index < -0.39 is 4.92 Å². The van der Waals surface area contributed by atoms with Crippen LogP contribution in [0.5, 0.6) is 0 Å². The highest BCUT2D eigenvalue weighted by Crippen LogP contribution is 2.12. The highest BCUT2D eigenvalue weighted by atomic mass is 16.6. The molecule has 0 spiro atoms. The Morgan fingerprint density at radius 1 is 1.25 bits per heavy atom. The lowest BCUT2D eigenvalue weighted by atomic mass is 10.1. The molecule has 16 heavy (non-hydrogen) atoms. The number of nitro groups is 1. The normalized spacial score (nSPS) is 11.7. The predicted octanol–water partition coefficient (Wildman–Crippen LogP) is 2.95. The average molecular weight is 220 g/mol. The van der Waals surface area contributed by atoms with Crippen LogP contribution in [0.1, 0.15) is 26.3 Å². The van der Waals surface area contributed by atoms with Crippen LogP contribution >= 0.6 is 0 Å². The van der Waals surface area contributed by atoms with Gasteiger partial charge >= 0.3 is 0 Å². The fourth-order valence-corrected chi connectivity index (χ4v) is 1.10. The third-order valence-electron chi connectivity index (χ3n) is 1.90. The van der Waals surface area contributed by atoms with E-state index >= 15 is 0 Å². The molecule has 0 fully saturated rings. The van der Waals surface area contributed by atoms with Crippen LogP contribution in [-0.2, 0) is 0 Å². The highest BCUT2D eigenvalue weighted by Gasteiger charge is 2.05. The maximum absolute atomic E-state index is 10.4. The number of nitrogens with zero attached hydrogens (tertiary/aromatic N) is 1. The van der Waals surface area contributed by atoms with Crippen LogP contribution in [0, 0.1) is 10.1 Å². The monoisotopic (exact) mass is 220 g/mol. The molecule has 1 rings (SSSR count). The second kappa shape index (κ2) is 4.79. The molecule has 0 unspecified atom stereocenters. The van der Waals surface area contributed by atoms with Crippen LogP contribution in [0.4, 0.5) is 5.69 Å². The molecule has 1 aromatic rings. The van der Waals surface area contributed by atoms with Crippen molar-refractivity contribution in [1.82, 2.24) is 5.32 Å². The van der Waals surface area contributed by atoms with Gasteiger partial charge in [-0.3, -0.25) is 10.1 Å². The van der Waals surface area contributed by atoms with Crippen molar-refractivity contribution in [3.05, 3.63) is 46.1 Å². The predicted molar refractivity (Wildman–Crippen MR) is 65.0 cm³/mol. The first kappa shape index (κ1) is 12.2. The molecule has 0 saturated heterocycles. The Morgan fingerprint density at radius 2 is 1.81 bits per heavy atom. The minimum atomic E-state index is -0.402. The maximum Gasteiger partial charge on any atom is 0.269 e. The zero-order chi connectivity index (χ0) is 12.2. The number of benzene rings is 1. The highest BCUT2D eigenvalue weighted by molar-refractivity contribution is 5.51. The molecule has 0 aromatic heterocycles. The summed E-state index contributed by atoms with van der Waals surface area (Å²) in [5.74, 6) is 0. The average Bonchev–Trinajstić information content (AvgIpc) is 2.16. The number of nitro benzene ring substituents is 1. The van der Waals surface area contributed by atoms with Gasteiger partial charge in [-0.25, -0.2) is 0 Å². The molecule has 4 heteroatoms. The summed E-state index contributed by atoms with van der Waals surface area (Å²) in [6, 6.07) is 6.44. The van der Waals surface area contributed by atoms with Crippen molar-refractivity contribution in [2.45, 2.75) is 26.3 Å². The van der Waals surface area contributed by atoms with Gasteiger partial charge in [0.05, 0.1) is 4.92 Å². The lowest BCUT2D eigenvalue weighted by Crippen LogP contribution is -2.30. The number of non-ortho nitro benzene ring substituents is 1. The van der Waals surface area contributed by atoms with Crippen LogP contribution in [0.3, 0.4) is 0 Å². The molecule has 0 heterocycles. The Bertz CT molecular complexity index is 388. The second-order valence-corrected chi connectivity index (χ2v) is 4.58. The van der Waals surface area contributed by atoms with Crippen LogP contribution in [0.2, 0.25) is 0 Å². The van der Waals surface area contributed by atoms with E-state index in [4.69, 9.17) is 0 Å². The van der Waals surface area contributed by atoms with E-state index in [1.807, 2.05) is 12.3 Å². The van der Waals surface area contributed by atoms with Crippen molar-refractivity contribution < 1.29 is 4.92 Å². The third-order valence-corrected chi connectivity index (χ3v) is 1.90. The molecule has 4 nitrogen and oxygen atoms in total. The number of hydrogen-bond acceptors (Lipinski definition) is 3. The molecule has 86 valence electrons. The smallest absolute Gasteiger partial charge is 0.269 e. The van der Waals surface area contributed by atoms with E-state index in [2.05, 4.69) is 26.1 Å². The van der Waals surface area contributed by atoms with Gasteiger partial charge < -0.3 is 5.32 Å². The van der Waals surface area contributed by atoms with E-state index in [0.717, 1.165) is 5.56 Å². The molecular formula is C12H16N2O2. The van der Waals surface area contributed by atoms with Crippen molar-refractivity contribution in [3.8, 4) is 0 Å². The Morgan fingerprint density at radius 3 is 2.25 bits per heavy atom. The van der Waals surface area contributed by atoms with Gasteiger partial charge in [0.1, 0.15) is 0 Å². The lowest BCUT2D eigenvalue weighted by Gasteiger charge is -2.18. The number of hydrogen-bond donors (Lipinski definition) is 1. The van der Waals surface area contributed by atoms with Crippen LogP contribution < -0.4 is 5.32 Å². The summed E-state index contributed by atoms with van der Waals surface area (Å²) < 4.78 is 0. The molecule has 0 atom stereocenters. The lowest BCUT2D eigenvalue weighted by molar-refractivity contribution is -0.384. The summed E-state index contributed by atoms with van der Waals surface area (Å²) in [5.41, 5.74) is 1.07. The molecule has 0 saturated carbocycles. The molecule has 0 bridgehead atoms. The minimum absolute atomic E-state index is 0.0251. The standard InChI is InChI=1S/C12H16N2O2/c1-12(2,3)13-9-8-10-4-6-11(7-5-10)14(15)16/h4-9,13H,1-3H3/b9-8+. The van der Waals surface area contributed by atoms with E-state index in [-0.39, 0.29) is 11.2 Å². The molecule has 0 aliphatic heterocycles. The first-order chi connectivity index (χ1) is 7.38. The molecule has 0 aliphatic carbocycles. The fraction of sp³-hybridized carbons (Fsp3) is 0.333. The van der Waals surface area contributed by atoms with Gasteiger partial charge in [-0.15, -0.1) is 0 Å². The van der Waals surface area contributed by atoms with Crippen LogP contribution in [0.15, 0.2) is 30.5 Å². The molecule has 0 radical (unpaired) electrons. The summed E-state index contributed by atoms with van der Waals surface area (Å²) >= 11 is 0. The molecule has 1 N–H and O–H groups in total. The quantitative estimate of drug-likeness (QED) is 0.629. The van der Waals surface area contributed by atoms with Gasteiger partial charge in [-0.2, -0.15) is 0 Å². The second-order valence-electron chi connectivity index (χ2n) is 4.58. The fourth-order valence-electron chi connectivity index (χ4n) is 1.10. The van der Waals surface area contributed by atoms with Gasteiger partial charge in [0.15, 0.2) is 0 Å². The van der Waals surface area contributed by atoms with Crippen LogP contribution in [0.25, 0.3) is 6.08 Å². The van der Waals surface area contributed by atoms with Crippen molar-refractivity contribution in [2.75, 3.05) is 0 Å².